The van der Waals surface area contributed by atoms with Gasteiger partial charge in [-0.05, 0) is 54.8 Å². The lowest BCUT2D eigenvalue weighted by molar-refractivity contribution is 0.0946. The molecule has 162 valence electrons. The van der Waals surface area contributed by atoms with Gasteiger partial charge in [0.2, 0.25) is 0 Å². The Hall–Kier alpha value is -3.06. The van der Waals surface area contributed by atoms with E-state index in [2.05, 4.69) is 64.3 Å². The molecular formula is C24H28N4O2S. The highest BCUT2D eigenvalue weighted by molar-refractivity contribution is 7.13. The fraction of sp³-hybridized carbons (Fsp3) is 0.333. The molecule has 0 radical (unpaired) electrons. The Morgan fingerprint density at radius 3 is 2.42 bits per heavy atom. The van der Waals surface area contributed by atoms with Crippen LogP contribution in [-0.2, 0) is 6.54 Å². The van der Waals surface area contributed by atoms with E-state index >= 15 is 0 Å². The molecule has 1 fully saturated rings. The number of carbonyl (C=O) groups is 1. The van der Waals surface area contributed by atoms with Crippen molar-refractivity contribution in [2.45, 2.75) is 20.4 Å². The fourth-order valence-electron chi connectivity index (χ4n) is 3.65. The molecule has 2 heterocycles. The molecule has 6 nitrogen and oxygen atoms in total. The predicted octanol–water partition coefficient (Wildman–Crippen LogP) is 4.03. The molecule has 0 aliphatic carbocycles. The van der Waals surface area contributed by atoms with Crippen molar-refractivity contribution >= 4 is 28.1 Å². The number of piperazine rings is 1. The molecule has 31 heavy (non-hydrogen) atoms. The first kappa shape index (κ1) is 21.2. The standard InChI is InChI=1S/C24H28N4O2S/c1-17-4-5-19(14-18(17)2)15-25-23(29)22-16-31-24(26-22)28-12-10-27(11-13-28)20-6-8-21(30-3)9-7-20/h4-9,14,16H,10-13,15H2,1-3H3,(H,25,29). The van der Waals surface area contributed by atoms with Crippen LogP contribution in [0, 0.1) is 13.8 Å². The molecule has 1 aliphatic rings. The topological polar surface area (TPSA) is 57.7 Å². The normalized spacial score (nSPS) is 13.9. The number of aromatic nitrogens is 1. The third kappa shape index (κ3) is 4.99. The summed E-state index contributed by atoms with van der Waals surface area (Å²) in [5.41, 5.74) is 5.27. The first-order valence-corrected chi connectivity index (χ1v) is 11.4. The van der Waals surface area contributed by atoms with Crippen LogP contribution in [0.2, 0.25) is 0 Å². The minimum absolute atomic E-state index is 0.127. The Kier molecular flexibility index (Phi) is 6.42. The van der Waals surface area contributed by atoms with Crippen LogP contribution < -0.4 is 19.9 Å². The molecule has 1 aliphatic heterocycles. The van der Waals surface area contributed by atoms with Crippen molar-refractivity contribution in [3.63, 3.8) is 0 Å². The second kappa shape index (κ2) is 9.39. The number of thiazole rings is 1. The molecule has 1 aromatic heterocycles. The largest absolute Gasteiger partial charge is 0.497 e. The van der Waals surface area contributed by atoms with E-state index in [-0.39, 0.29) is 5.91 Å². The lowest BCUT2D eigenvalue weighted by Crippen LogP contribution is -2.46. The smallest absolute Gasteiger partial charge is 0.271 e. The van der Waals surface area contributed by atoms with Gasteiger partial charge in [-0.1, -0.05) is 18.2 Å². The molecule has 1 amide bonds. The quantitative estimate of drug-likeness (QED) is 0.632. The van der Waals surface area contributed by atoms with Gasteiger partial charge in [-0.3, -0.25) is 4.79 Å². The summed E-state index contributed by atoms with van der Waals surface area (Å²) in [6, 6.07) is 14.4. The number of amides is 1. The molecule has 0 atom stereocenters. The number of nitrogens with zero attached hydrogens (tertiary/aromatic N) is 3. The summed E-state index contributed by atoms with van der Waals surface area (Å²) >= 11 is 1.53. The fourth-order valence-corrected chi connectivity index (χ4v) is 4.51. The van der Waals surface area contributed by atoms with Crippen LogP contribution in [0.3, 0.4) is 0 Å². The van der Waals surface area contributed by atoms with Gasteiger partial charge in [0.15, 0.2) is 5.13 Å². The molecule has 0 spiro atoms. The van der Waals surface area contributed by atoms with Crippen molar-refractivity contribution < 1.29 is 9.53 Å². The van der Waals surface area contributed by atoms with Gasteiger partial charge in [-0.2, -0.15) is 0 Å². The minimum Gasteiger partial charge on any atom is -0.497 e. The monoisotopic (exact) mass is 436 g/mol. The van der Waals surface area contributed by atoms with Crippen LogP contribution in [0.25, 0.3) is 0 Å². The Balaban J connectivity index is 1.31. The minimum atomic E-state index is -0.127. The summed E-state index contributed by atoms with van der Waals surface area (Å²) in [6.45, 7) is 8.27. The molecule has 0 saturated carbocycles. The van der Waals surface area contributed by atoms with Gasteiger partial charge in [0, 0.05) is 43.8 Å². The van der Waals surface area contributed by atoms with E-state index in [1.54, 1.807) is 7.11 Å². The van der Waals surface area contributed by atoms with Gasteiger partial charge in [-0.15, -0.1) is 11.3 Å². The number of hydrogen-bond acceptors (Lipinski definition) is 6. The molecular weight excluding hydrogens is 408 g/mol. The molecule has 3 aromatic rings. The number of methoxy groups -OCH3 is 1. The van der Waals surface area contributed by atoms with Gasteiger partial charge in [0.1, 0.15) is 11.4 Å². The lowest BCUT2D eigenvalue weighted by Gasteiger charge is -2.36. The summed E-state index contributed by atoms with van der Waals surface area (Å²) in [6.07, 6.45) is 0. The number of carbonyl (C=O) groups excluding carboxylic acids is 1. The predicted molar refractivity (Wildman–Crippen MR) is 127 cm³/mol. The highest BCUT2D eigenvalue weighted by atomic mass is 32.1. The summed E-state index contributed by atoms with van der Waals surface area (Å²) in [4.78, 5) is 21.8. The number of ether oxygens (including phenoxy) is 1. The van der Waals surface area contributed by atoms with Crippen LogP contribution in [0.4, 0.5) is 10.8 Å². The van der Waals surface area contributed by atoms with Crippen LogP contribution in [-0.4, -0.2) is 44.2 Å². The average Bonchev–Trinajstić information content (AvgIpc) is 3.30. The number of anilines is 2. The number of benzene rings is 2. The van der Waals surface area contributed by atoms with E-state index in [0.29, 0.717) is 12.2 Å². The molecule has 0 unspecified atom stereocenters. The number of rotatable bonds is 6. The van der Waals surface area contributed by atoms with Gasteiger partial charge >= 0.3 is 0 Å². The maximum atomic E-state index is 12.6. The van der Waals surface area contributed by atoms with E-state index in [9.17, 15) is 4.79 Å². The SMILES string of the molecule is COc1ccc(N2CCN(c3nc(C(=O)NCc4ccc(C)c(C)c4)cs3)CC2)cc1. The Morgan fingerprint density at radius 1 is 1.03 bits per heavy atom. The van der Waals surface area contributed by atoms with Crippen molar-refractivity contribution in [2.75, 3.05) is 43.1 Å². The first-order valence-electron chi connectivity index (χ1n) is 10.5. The number of aryl methyl sites for hydroxylation is 2. The van der Waals surface area contributed by atoms with Gasteiger partial charge < -0.3 is 19.9 Å². The molecule has 2 aromatic carbocycles. The van der Waals surface area contributed by atoms with Crippen LogP contribution in [0.1, 0.15) is 27.2 Å². The average molecular weight is 437 g/mol. The van der Waals surface area contributed by atoms with Gasteiger partial charge in [0.05, 0.1) is 7.11 Å². The summed E-state index contributed by atoms with van der Waals surface area (Å²) in [5, 5.41) is 5.74. The maximum Gasteiger partial charge on any atom is 0.271 e. The Labute approximate surface area is 187 Å². The summed E-state index contributed by atoms with van der Waals surface area (Å²) < 4.78 is 5.24. The molecule has 1 saturated heterocycles. The highest BCUT2D eigenvalue weighted by Gasteiger charge is 2.21. The summed E-state index contributed by atoms with van der Waals surface area (Å²) in [7, 11) is 1.68. The van der Waals surface area contributed by atoms with Gasteiger partial charge in [0.25, 0.3) is 5.91 Å². The first-order chi connectivity index (χ1) is 15.0. The van der Waals surface area contributed by atoms with Crippen molar-refractivity contribution in [1.82, 2.24) is 10.3 Å². The van der Waals surface area contributed by atoms with E-state index in [1.807, 2.05) is 17.5 Å². The molecule has 7 heteroatoms. The maximum absolute atomic E-state index is 12.6. The number of hydrogen-bond donors (Lipinski definition) is 1. The van der Waals surface area contributed by atoms with Crippen LogP contribution in [0.15, 0.2) is 47.8 Å². The summed E-state index contributed by atoms with van der Waals surface area (Å²) in [5.74, 6) is 0.742. The zero-order chi connectivity index (χ0) is 21.8. The molecule has 4 rings (SSSR count). The van der Waals surface area contributed by atoms with Crippen molar-refractivity contribution in [3.8, 4) is 5.75 Å². The molecule has 0 bridgehead atoms. The van der Waals surface area contributed by atoms with E-state index in [4.69, 9.17) is 4.74 Å². The zero-order valence-corrected chi connectivity index (χ0v) is 19.0. The van der Waals surface area contributed by atoms with Crippen molar-refractivity contribution in [2.24, 2.45) is 0 Å². The van der Waals surface area contributed by atoms with E-state index < -0.39 is 0 Å². The third-order valence-electron chi connectivity index (χ3n) is 5.74. The Bertz CT molecular complexity index is 1040. The number of nitrogens with one attached hydrogen (secondary N) is 1. The van der Waals surface area contributed by atoms with Crippen LogP contribution >= 0.6 is 11.3 Å². The van der Waals surface area contributed by atoms with Crippen LogP contribution in [0.5, 0.6) is 5.75 Å². The van der Waals surface area contributed by atoms with E-state index in [0.717, 1.165) is 42.6 Å². The second-order valence-electron chi connectivity index (χ2n) is 7.79. The Morgan fingerprint density at radius 2 is 1.74 bits per heavy atom. The van der Waals surface area contributed by atoms with Crippen molar-refractivity contribution in [1.29, 1.82) is 0 Å². The zero-order valence-electron chi connectivity index (χ0n) is 18.2. The van der Waals surface area contributed by atoms with Crippen molar-refractivity contribution in [3.05, 3.63) is 70.2 Å². The third-order valence-corrected chi connectivity index (χ3v) is 6.64. The van der Waals surface area contributed by atoms with Gasteiger partial charge in [-0.25, -0.2) is 4.98 Å². The van der Waals surface area contributed by atoms with E-state index in [1.165, 1.54) is 28.2 Å². The highest BCUT2D eigenvalue weighted by Crippen LogP contribution is 2.25. The molecule has 1 N–H and O–H groups in total. The lowest BCUT2D eigenvalue weighted by atomic mass is 10.1. The second-order valence-corrected chi connectivity index (χ2v) is 8.63.